The fourth-order valence-corrected chi connectivity index (χ4v) is 4.91. The molecule has 0 atom stereocenters. The van der Waals surface area contributed by atoms with E-state index in [0.717, 1.165) is 39.6 Å². The van der Waals surface area contributed by atoms with Gasteiger partial charge in [0.1, 0.15) is 5.76 Å². The number of carbonyl (C=O) groups is 2. The van der Waals surface area contributed by atoms with Crippen molar-refractivity contribution >= 4 is 28.3 Å². The third-order valence-corrected chi connectivity index (χ3v) is 6.75. The molecule has 0 radical (unpaired) electrons. The Balaban J connectivity index is 1.20. The van der Waals surface area contributed by atoms with Crippen LogP contribution < -0.4 is 20.2 Å². The predicted octanol–water partition coefficient (Wildman–Crippen LogP) is 4.87. The van der Waals surface area contributed by atoms with Gasteiger partial charge in [-0.1, -0.05) is 42.5 Å². The third-order valence-electron chi connectivity index (χ3n) is 6.75. The van der Waals surface area contributed by atoms with E-state index in [-0.39, 0.29) is 24.4 Å². The van der Waals surface area contributed by atoms with E-state index >= 15 is 0 Å². The van der Waals surface area contributed by atoms with Crippen molar-refractivity contribution in [2.75, 3.05) is 6.79 Å². The van der Waals surface area contributed by atoms with Gasteiger partial charge in [-0.3, -0.25) is 9.59 Å². The van der Waals surface area contributed by atoms with E-state index < -0.39 is 0 Å². The molecule has 6 rings (SSSR count). The van der Waals surface area contributed by atoms with Gasteiger partial charge in [0.15, 0.2) is 17.3 Å². The zero-order valence-electron chi connectivity index (χ0n) is 20.3. The second kappa shape index (κ2) is 9.46. The number of benzene rings is 3. The number of fused-ring (bicyclic) bond motifs is 3. The number of nitrogens with one attached hydrogen (secondary N) is 2. The summed E-state index contributed by atoms with van der Waals surface area (Å²) in [5.74, 6) is 1.77. The molecule has 37 heavy (non-hydrogen) atoms. The molecule has 2 heterocycles. The van der Waals surface area contributed by atoms with E-state index in [2.05, 4.69) is 15.8 Å². The molecule has 3 aromatic carbocycles. The van der Waals surface area contributed by atoms with Gasteiger partial charge < -0.3 is 19.2 Å². The number of ether oxygens (including phenoxy) is 2. The van der Waals surface area contributed by atoms with Crippen LogP contribution in [0.4, 0.5) is 0 Å². The highest BCUT2D eigenvalue weighted by Gasteiger charge is 2.28. The summed E-state index contributed by atoms with van der Waals surface area (Å²) in [6.45, 7) is 2.38. The van der Waals surface area contributed by atoms with Crippen molar-refractivity contribution in [3.05, 3.63) is 94.4 Å². The molecule has 0 saturated carbocycles. The summed E-state index contributed by atoms with van der Waals surface area (Å²) in [5, 5.41) is 9.25. The molecular weight excluding hydrogens is 470 g/mol. The fraction of sp³-hybridized carbons (Fsp3) is 0.207. The normalized spacial score (nSPS) is 15.0. The lowest BCUT2D eigenvalue weighted by atomic mass is 9.93. The number of hydrogen-bond donors (Lipinski definition) is 2. The van der Waals surface area contributed by atoms with Crippen LogP contribution in [0.2, 0.25) is 0 Å². The van der Waals surface area contributed by atoms with Gasteiger partial charge in [-0.05, 0) is 54.3 Å². The Bertz CT molecular complexity index is 1560. The first-order valence-electron chi connectivity index (χ1n) is 12.2. The number of hydrogen-bond acceptors (Lipinski definition) is 6. The standard InChI is InChI=1S/C29H25N3O5/c1-17-26-22(31-32-28(33)21-9-4-7-19-6-2-3-8-20(19)21)10-5-11-24(26)37-27(17)29(34)30-15-18-12-13-23-25(14-18)36-16-35-23/h2-4,6-9,12-14H,5,10-11,15-16H2,1H3,(H,30,34)(H,32,33)/b31-22+. The van der Waals surface area contributed by atoms with Crippen molar-refractivity contribution in [3.63, 3.8) is 0 Å². The summed E-state index contributed by atoms with van der Waals surface area (Å²) in [5.41, 5.74) is 6.41. The SMILES string of the molecule is Cc1c(C(=O)NCc2ccc3c(c2)OCO3)oc2c1/C(=N/NC(=O)c1cccc3ccccc13)CCC2. The van der Waals surface area contributed by atoms with Crippen molar-refractivity contribution in [2.45, 2.75) is 32.7 Å². The van der Waals surface area contributed by atoms with E-state index in [1.165, 1.54) is 0 Å². The first-order valence-corrected chi connectivity index (χ1v) is 12.2. The van der Waals surface area contributed by atoms with Crippen molar-refractivity contribution in [2.24, 2.45) is 5.10 Å². The number of rotatable bonds is 5. The lowest BCUT2D eigenvalue weighted by Crippen LogP contribution is -2.23. The second-order valence-corrected chi connectivity index (χ2v) is 9.10. The number of hydrazone groups is 1. The molecule has 0 saturated heterocycles. The molecule has 1 aliphatic carbocycles. The van der Waals surface area contributed by atoms with Crippen LogP contribution in [0.3, 0.4) is 0 Å². The van der Waals surface area contributed by atoms with Crippen LogP contribution in [0, 0.1) is 6.92 Å². The van der Waals surface area contributed by atoms with Crippen molar-refractivity contribution in [3.8, 4) is 11.5 Å². The fourth-order valence-electron chi connectivity index (χ4n) is 4.91. The topological polar surface area (TPSA) is 102 Å². The summed E-state index contributed by atoms with van der Waals surface area (Å²) in [6.07, 6.45) is 2.21. The Morgan fingerprint density at radius 2 is 1.78 bits per heavy atom. The van der Waals surface area contributed by atoms with Gasteiger partial charge in [-0.25, -0.2) is 5.43 Å². The maximum Gasteiger partial charge on any atom is 0.287 e. The van der Waals surface area contributed by atoms with Crippen molar-refractivity contribution in [1.29, 1.82) is 0 Å². The summed E-state index contributed by atoms with van der Waals surface area (Å²) in [4.78, 5) is 26.0. The van der Waals surface area contributed by atoms with Crippen LogP contribution in [0.25, 0.3) is 10.8 Å². The highest BCUT2D eigenvalue weighted by atomic mass is 16.7. The summed E-state index contributed by atoms with van der Waals surface area (Å²) < 4.78 is 16.7. The lowest BCUT2D eigenvalue weighted by molar-refractivity contribution is 0.0919. The Labute approximate surface area is 213 Å². The number of furan rings is 1. The van der Waals surface area contributed by atoms with Gasteiger partial charge >= 0.3 is 0 Å². The molecule has 4 aromatic rings. The first-order chi connectivity index (χ1) is 18.1. The molecular formula is C29H25N3O5. The molecule has 2 amide bonds. The van der Waals surface area contributed by atoms with E-state index in [4.69, 9.17) is 13.9 Å². The van der Waals surface area contributed by atoms with E-state index in [0.29, 0.717) is 42.2 Å². The van der Waals surface area contributed by atoms with Crippen molar-refractivity contribution < 1.29 is 23.5 Å². The summed E-state index contributed by atoms with van der Waals surface area (Å²) in [6, 6.07) is 18.9. The average Bonchev–Trinajstić information content (AvgIpc) is 3.54. The van der Waals surface area contributed by atoms with Crippen LogP contribution in [0.15, 0.2) is 70.2 Å². The molecule has 1 aliphatic heterocycles. The summed E-state index contributed by atoms with van der Waals surface area (Å²) in [7, 11) is 0. The van der Waals surface area contributed by atoms with E-state index in [1.54, 1.807) is 6.07 Å². The molecule has 2 N–H and O–H groups in total. The zero-order valence-corrected chi connectivity index (χ0v) is 20.3. The van der Waals surface area contributed by atoms with Gasteiger partial charge in [0, 0.05) is 29.7 Å². The Hall–Kier alpha value is -4.59. The van der Waals surface area contributed by atoms with Gasteiger partial charge in [0.25, 0.3) is 11.8 Å². The van der Waals surface area contributed by atoms with Crippen molar-refractivity contribution in [1.82, 2.24) is 10.7 Å². The molecule has 8 heteroatoms. The Morgan fingerprint density at radius 1 is 0.946 bits per heavy atom. The highest BCUT2D eigenvalue weighted by Crippen LogP contribution is 2.33. The van der Waals surface area contributed by atoms with Crippen LogP contribution in [-0.2, 0) is 13.0 Å². The maximum absolute atomic E-state index is 13.0. The molecule has 0 bridgehead atoms. The molecule has 186 valence electrons. The molecule has 2 aliphatic rings. The molecule has 0 fully saturated rings. The largest absolute Gasteiger partial charge is 0.455 e. The highest BCUT2D eigenvalue weighted by molar-refractivity contribution is 6.09. The van der Waals surface area contributed by atoms with Gasteiger partial charge in [-0.2, -0.15) is 5.10 Å². The average molecular weight is 496 g/mol. The van der Waals surface area contributed by atoms with Crippen LogP contribution in [0.1, 0.15) is 56.2 Å². The third kappa shape index (κ3) is 4.31. The molecule has 0 unspecified atom stereocenters. The smallest absolute Gasteiger partial charge is 0.287 e. The molecule has 1 aromatic heterocycles. The zero-order chi connectivity index (χ0) is 25.4. The molecule has 0 spiro atoms. The van der Waals surface area contributed by atoms with Gasteiger partial charge in [-0.15, -0.1) is 0 Å². The minimum absolute atomic E-state index is 0.203. The van der Waals surface area contributed by atoms with Gasteiger partial charge in [0.2, 0.25) is 6.79 Å². The van der Waals surface area contributed by atoms with E-state index in [1.807, 2.05) is 61.5 Å². The number of aryl methyl sites for hydroxylation is 1. The monoisotopic (exact) mass is 495 g/mol. The quantitative estimate of drug-likeness (QED) is 0.385. The Kier molecular flexibility index (Phi) is 5.84. The van der Waals surface area contributed by atoms with Gasteiger partial charge in [0.05, 0.1) is 5.71 Å². The minimum Gasteiger partial charge on any atom is -0.455 e. The number of amides is 2. The predicted molar refractivity (Wildman–Crippen MR) is 138 cm³/mol. The Morgan fingerprint density at radius 3 is 2.70 bits per heavy atom. The molecule has 8 nitrogen and oxygen atoms in total. The van der Waals surface area contributed by atoms with E-state index in [9.17, 15) is 9.59 Å². The van der Waals surface area contributed by atoms with Crippen LogP contribution >= 0.6 is 0 Å². The number of nitrogens with zero attached hydrogens (tertiary/aromatic N) is 1. The van der Waals surface area contributed by atoms with Crippen LogP contribution in [0.5, 0.6) is 11.5 Å². The lowest BCUT2D eigenvalue weighted by Gasteiger charge is -2.13. The first kappa shape index (κ1) is 22.8. The maximum atomic E-state index is 13.0. The van der Waals surface area contributed by atoms with Crippen LogP contribution in [-0.4, -0.2) is 24.3 Å². The number of carbonyl (C=O) groups excluding carboxylic acids is 2. The second-order valence-electron chi connectivity index (χ2n) is 9.10. The summed E-state index contributed by atoms with van der Waals surface area (Å²) >= 11 is 0. The minimum atomic E-state index is -0.302.